The monoisotopic (exact) mass is 231 g/mol. The molecule has 0 unspecified atom stereocenters. The van der Waals surface area contributed by atoms with Crippen LogP contribution in [0.15, 0.2) is 30.5 Å². The van der Waals surface area contributed by atoms with Crippen LogP contribution in [0, 0.1) is 6.92 Å². The minimum absolute atomic E-state index is 0.160. The summed E-state index contributed by atoms with van der Waals surface area (Å²) in [4.78, 5) is 11.8. The van der Waals surface area contributed by atoms with Crippen molar-refractivity contribution in [1.82, 2.24) is 15.5 Å². The average Bonchev–Trinajstić information content (AvgIpc) is 2.78. The van der Waals surface area contributed by atoms with Crippen molar-refractivity contribution in [3.05, 3.63) is 47.3 Å². The van der Waals surface area contributed by atoms with Crippen molar-refractivity contribution in [1.29, 1.82) is 0 Å². The number of nitrogens with one attached hydrogen (secondary N) is 2. The first-order valence-corrected chi connectivity index (χ1v) is 5.23. The molecule has 1 aromatic heterocycles. The summed E-state index contributed by atoms with van der Waals surface area (Å²) in [5, 5.41) is 18.6. The number of aromatic hydroxyl groups is 1. The normalized spacial score (nSPS) is 10.2. The highest BCUT2D eigenvalue weighted by Gasteiger charge is 2.09. The maximum Gasteiger partial charge on any atom is 0.251 e. The second-order valence-corrected chi connectivity index (χ2v) is 3.76. The molecular weight excluding hydrogens is 218 g/mol. The molecule has 0 aliphatic rings. The molecule has 0 radical (unpaired) electrons. The second kappa shape index (κ2) is 4.69. The minimum Gasteiger partial charge on any atom is -0.508 e. The number of carbonyl (C=O) groups is 1. The number of phenols is 1. The van der Waals surface area contributed by atoms with E-state index in [9.17, 15) is 9.90 Å². The van der Waals surface area contributed by atoms with Crippen LogP contribution in [0.25, 0.3) is 0 Å². The van der Waals surface area contributed by atoms with E-state index in [-0.39, 0.29) is 11.7 Å². The Hall–Kier alpha value is -2.30. The van der Waals surface area contributed by atoms with Crippen LogP contribution in [-0.4, -0.2) is 21.2 Å². The van der Waals surface area contributed by atoms with Crippen molar-refractivity contribution >= 4 is 5.91 Å². The van der Waals surface area contributed by atoms with E-state index in [4.69, 9.17) is 0 Å². The van der Waals surface area contributed by atoms with Crippen LogP contribution in [0.3, 0.4) is 0 Å². The maximum absolute atomic E-state index is 11.8. The van der Waals surface area contributed by atoms with Crippen molar-refractivity contribution in [2.24, 2.45) is 0 Å². The number of H-pyrrole nitrogens is 1. The van der Waals surface area contributed by atoms with Gasteiger partial charge in [0.25, 0.3) is 5.91 Å². The first kappa shape index (κ1) is 11.2. The molecule has 1 aromatic carbocycles. The number of aromatic amines is 1. The van der Waals surface area contributed by atoms with Crippen molar-refractivity contribution in [3.63, 3.8) is 0 Å². The molecule has 0 aliphatic heterocycles. The zero-order chi connectivity index (χ0) is 12.3. The van der Waals surface area contributed by atoms with Gasteiger partial charge < -0.3 is 10.4 Å². The van der Waals surface area contributed by atoms with Crippen LogP contribution in [0.4, 0.5) is 0 Å². The highest BCUT2D eigenvalue weighted by atomic mass is 16.3. The Morgan fingerprint density at radius 2 is 2.29 bits per heavy atom. The van der Waals surface area contributed by atoms with E-state index in [1.54, 1.807) is 31.3 Å². The predicted molar refractivity (Wildman–Crippen MR) is 62.6 cm³/mol. The van der Waals surface area contributed by atoms with Crippen LogP contribution in [0.1, 0.15) is 21.6 Å². The van der Waals surface area contributed by atoms with Gasteiger partial charge in [-0.25, -0.2) is 0 Å². The van der Waals surface area contributed by atoms with Gasteiger partial charge in [0.1, 0.15) is 5.75 Å². The lowest BCUT2D eigenvalue weighted by molar-refractivity contribution is 0.0950. The number of amides is 1. The fraction of sp³-hybridized carbons (Fsp3) is 0.167. The van der Waals surface area contributed by atoms with Gasteiger partial charge in [0.2, 0.25) is 0 Å². The second-order valence-electron chi connectivity index (χ2n) is 3.76. The lowest BCUT2D eigenvalue weighted by Gasteiger charge is -2.06. The van der Waals surface area contributed by atoms with E-state index >= 15 is 0 Å². The Balaban J connectivity index is 2.04. The quantitative estimate of drug-likeness (QED) is 0.746. The molecule has 0 atom stereocenters. The van der Waals surface area contributed by atoms with E-state index in [1.165, 1.54) is 6.07 Å². The third-order valence-corrected chi connectivity index (χ3v) is 2.45. The SMILES string of the molecule is Cc1cc(O)ccc1C(=O)NCc1ccn[nH]1. The summed E-state index contributed by atoms with van der Waals surface area (Å²) in [6.45, 7) is 2.18. The number of aryl methyl sites for hydroxylation is 1. The number of hydrogen-bond donors (Lipinski definition) is 3. The molecule has 0 spiro atoms. The van der Waals surface area contributed by atoms with E-state index in [0.717, 1.165) is 11.3 Å². The summed E-state index contributed by atoms with van der Waals surface area (Å²) in [5.41, 5.74) is 2.14. The summed E-state index contributed by atoms with van der Waals surface area (Å²) in [6.07, 6.45) is 1.63. The summed E-state index contributed by atoms with van der Waals surface area (Å²) in [7, 11) is 0. The van der Waals surface area contributed by atoms with E-state index < -0.39 is 0 Å². The molecule has 3 N–H and O–H groups in total. The van der Waals surface area contributed by atoms with Crippen LogP contribution in [-0.2, 0) is 6.54 Å². The van der Waals surface area contributed by atoms with E-state index in [1.807, 2.05) is 0 Å². The third-order valence-electron chi connectivity index (χ3n) is 2.45. The predicted octanol–water partition coefficient (Wildman–Crippen LogP) is 1.35. The van der Waals surface area contributed by atoms with Crippen molar-refractivity contribution in [3.8, 4) is 5.75 Å². The lowest BCUT2D eigenvalue weighted by atomic mass is 10.1. The van der Waals surface area contributed by atoms with E-state index in [2.05, 4.69) is 15.5 Å². The van der Waals surface area contributed by atoms with Gasteiger partial charge in [-0.2, -0.15) is 5.10 Å². The molecule has 5 nitrogen and oxygen atoms in total. The summed E-state index contributed by atoms with van der Waals surface area (Å²) in [5.74, 6) is -0.00952. The number of benzene rings is 1. The fourth-order valence-corrected chi connectivity index (χ4v) is 1.56. The Kier molecular flexibility index (Phi) is 3.09. The Bertz CT molecular complexity index is 521. The number of hydrogen-bond acceptors (Lipinski definition) is 3. The van der Waals surface area contributed by atoms with Gasteiger partial charge >= 0.3 is 0 Å². The molecule has 1 amide bonds. The van der Waals surface area contributed by atoms with Crippen LogP contribution in [0.5, 0.6) is 5.75 Å². The summed E-state index contributed by atoms with van der Waals surface area (Å²) < 4.78 is 0. The molecule has 88 valence electrons. The molecule has 1 heterocycles. The molecule has 0 aliphatic carbocycles. The smallest absolute Gasteiger partial charge is 0.251 e. The molecular formula is C12H13N3O2. The fourth-order valence-electron chi connectivity index (χ4n) is 1.56. The van der Waals surface area contributed by atoms with Crippen molar-refractivity contribution < 1.29 is 9.90 Å². The number of carbonyl (C=O) groups excluding carboxylic acids is 1. The van der Waals surface area contributed by atoms with Gasteiger partial charge in [0.15, 0.2) is 0 Å². The largest absolute Gasteiger partial charge is 0.508 e. The molecule has 0 fully saturated rings. The number of aromatic nitrogens is 2. The summed E-state index contributed by atoms with van der Waals surface area (Å²) >= 11 is 0. The lowest BCUT2D eigenvalue weighted by Crippen LogP contribution is -2.23. The Morgan fingerprint density at radius 1 is 1.47 bits per heavy atom. The Morgan fingerprint density at radius 3 is 2.94 bits per heavy atom. The first-order valence-electron chi connectivity index (χ1n) is 5.23. The molecule has 0 saturated carbocycles. The molecule has 2 rings (SSSR count). The number of phenolic OH excluding ortho intramolecular Hbond substituents is 1. The highest BCUT2D eigenvalue weighted by Crippen LogP contribution is 2.15. The minimum atomic E-state index is -0.169. The molecule has 5 heteroatoms. The van der Waals surface area contributed by atoms with Crippen molar-refractivity contribution in [2.45, 2.75) is 13.5 Å². The van der Waals surface area contributed by atoms with Gasteiger partial charge in [0.05, 0.1) is 12.2 Å². The zero-order valence-corrected chi connectivity index (χ0v) is 9.40. The average molecular weight is 231 g/mol. The molecule has 0 bridgehead atoms. The van der Waals surface area contributed by atoms with Gasteiger partial charge in [-0.15, -0.1) is 0 Å². The van der Waals surface area contributed by atoms with Crippen LogP contribution < -0.4 is 5.32 Å². The molecule has 17 heavy (non-hydrogen) atoms. The Labute approximate surface area is 98.5 Å². The van der Waals surface area contributed by atoms with Gasteiger partial charge in [0, 0.05) is 11.8 Å². The third kappa shape index (κ3) is 2.63. The molecule has 0 saturated heterocycles. The molecule has 2 aromatic rings. The van der Waals surface area contributed by atoms with Gasteiger partial charge in [-0.05, 0) is 36.8 Å². The van der Waals surface area contributed by atoms with Gasteiger partial charge in [-0.1, -0.05) is 0 Å². The zero-order valence-electron chi connectivity index (χ0n) is 9.40. The highest BCUT2D eigenvalue weighted by molar-refractivity contribution is 5.95. The maximum atomic E-state index is 11.8. The van der Waals surface area contributed by atoms with Crippen LogP contribution >= 0.6 is 0 Å². The first-order chi connectivity index (χ1) is 8.16. The van der Waals surface area contributed by atoms with Crippen molar-refractivity contribution in [2.75, 3.05) is 0 Å². The van der Waals surface area contributed by atoms with E-state index in [0.29, 0.717) is 12.1 Å². The van der Waals surface area contributed by atoms with Gasteiger partial charge in [-0.3, -0.25) is 9.89 Å². The number of nitrogens with zero attached hydrogens (tertiary/aromatic N) is 1. The van der Waals surface area contributed by atoms with Crippen LogP contribution in [0.2, 0.25) is 0 Å². The standard InChI is InChI=1S/C12H13N3O2/c1-8-6-10(16)2-3-11(8)12(17)13-7-9-4-5-14-15-9/h2-6,16H,7H2,1H3,(H,13,17)(H,14,15). The topological polar surface area (TPSA) is 78.0 Å². The number of rotatable bonds is 3. The summed E-state index contributed by atoms with van der Waals surface area (Å²) in [6, 6.07) is 6.46.